The van der Waals surface area contributed by atoms with Gasteiger partial charge in [0.05, 0.1) is 5.69 Å². The van der Waals surface area contributed by atoms with E-state index < -0.39 is 0 Å². The molecule has 3 rings (SSSR count). The average molecular weight is 319 g/mol. The Morgan fingerprint density at radius 3 is 2.58 bits per heavy atom. The first-order valence-electron chi connectivity index (χ1n) is 6.42. The Labute approximate surface area is 121 Å². The Morgan fingerprint density at radius 1 is 1.11 bits per heavy atom. The lowest BCUT2D eigenvalue weighted by Crippen LogP contribution is -1.97. The van der Waals surface area contributed by atoms with Crippen LogP contribution in [-0.4, -0.2) is 9.97 Å². The van der Waals surface area contributed by atoms with Gasteiger partial charge in [-0.15, -0.1) is 0 Å². The van der Waals surface area contributed by atoms with Gasteiger partial charge in [0.2, 0.25) is 5.88 Å². The van der Waals surface area contributed by atoms with Gasteiger partial charge in [-0.2, -0.15) is 0 Å². The number of hydrogen-bond donors (Lipinski definition) is 0. The lowest BCUT2D eigenvalue weighted by Gasteiger charge is -2.11. The topological polar surface area (TPSA) is 35.0 Å². The van der Waals surface area contributed by atoms with Gasteiger partial charge in [0.15, 0.2) is 0 Å². The molecular formula is C15H15BrN2O. The zero-order valence-corrected chi connectivity index (χ0v) is 12.6. The van der Waals surface area contributed by atoms with Crippen molar-refractivity contribution in [3.63, 3.8) is 0 Å². The van der Waals surface area contributed by atoms with E-state index in [2.05, 4.69) is 39.7 Å². The number of aromatic nitrogens is 2. The first kappa shape index (κ1) is 12.6. The third kappa shape index (κ3) is 2.37. The summed E-state index contributed by atoms with van der Waals surface area (Å²) < 4.78 is 7.10. The summed E-state index contributed by atoms with van der Waals surface area (Å²) in [6.45, 7) is 4.13. The van der Waals surface area contributed by atoms with Crippen LogP contribution in [0.15, 0.2) is 22.9 Å². The largest absolute Gasteiger partial charge is 0.439 e. The van der Waals surface area contributed by atoms with Gasteiger partial charge in [0, 0.05) is 10.0 Å². The van der Waals surface area contributed by atoms with E-state index in [1.165, 1.54) is 16.7 Å². The van der Waals surface area contributed by atoms with Crippen molar-refractivity contribution in [1.29, 1.82) is 0 Å². The molecular weight excluding hydrogens is 304 g/mol. The van der Waals surface area contributed by atoms with Crippen molar-refractivity contribution in [1.82, 2.24) is 9.97 Å². The van der Waals surface area contributed by atoms with E-state index >= 15 is 0 Å². The summed E-state index contributed by atoms with van der Waals surface area (Å²) in [6.07, 6.45) is 4.79. The van der Waals surface area contributed by atoms with Gasteiger partial charge in [0.1, 0.15) is 12.1 Å². The summed E-state index contributed by atoms with van der Waals surface area (Å²) in [6, 6.07) is 4.06. The number of aryl methyl sites for hydroxylation is 3. The number of fused-ring (bicyclic) bond motifs is 1. The minimum absolute atomic E-state index is 0.712. The van der Waals surface area contributed by atoms with Crippen LogP contribution >= 0.6 is 15.9 Å². The predicted octanol–water partition coefficient (Wildman–Crippen LogP) is 4.14. The summed E-state index contributed by atoms with van der Waals surface area (Å²) >= 11 is 3.57. The van der Waals surface area contributed by atoms with Crippen LogP contribution < -0.4 is 4.74 Å². The van der Waals surface area contributed by atoms with Crippen LogP contribution in [0.25, 0.3) is 0 Å². The molecule has 1 aromatic heterocycles. The first-order chi connectivity index (χ1) is 9.15. The summed E-state index contributed by atoms with van der Waals surface area (Å²) in [7, 11) is 0. The summed E-state index contributed by atoms with van der Waals surface area (Å²) in [5.41, 5.74) is 4.64. The van der Waals surface area contributed by atoms with E-state index in [4.69, 9.17) is 4.74 Å². The highest BCUT2D eigenvalue weighted by Crippen LogP contribution is 2.33. The second kappa shape index (κ2) is 4.93. The highest BCUT2D eigenvalue weighted by molar-refractivity contribution is 9.10. The molecule has 3 nitrogen and oxygen atoms in total. The SMILES string of the molecule is Cc1cc(Oc2ncnc3c2CCC3)cc(C)c1Br. The Bertz CT molecular complexity index is 617. The minimum atomic E-state index is 0.712. The van der Waals surface area contributed by atoms with Crippen molar-refractivity contribution in [2.24, 2.45) is 0 Å². The van der Waals surface area contributed by atoms with E-state index in [0.717, 1.165) is 35.2 Å². The molecule has 1 aliphatic rings. The van der Waals surface area contributed by atoms with Crippen molar-refractivity contribution in [2.45, 2.75) is 33.1 Å². The molecule has 1 aliphatic carbocycles. The molecule has 0 amide bonds. The molecule has 0 saturated carbocycles. The molecule has 0 saturated heterocycles. The molecule has 0 spiro atoms. The molecule has 2 aromatic rings. The highest BCUT2D eigenvalue weighted by Gasteiger charge is 2.18. The fourth-order valence-corrected chi connectivity index (χ4v) is 2.72. The Morgan fingerprint density at radius 2 is 1.84 bits per heavy atom. The zero-order valence-electron chi connectivity index (χ0n) is 11.0. The Hall–Kier alpha value is -1.42. The summed E-state index contributed by atoms with van der Waals surface area (Å²) in [4.78, 5) is 8.59. The van der Waals surface area contributed by atoms with Crippen LogP contribution in [0.5, 0.6) is 11.6 Å². The van der Waals surface area contributed by atoms with Gasteiger partial charge >= 0.3 is 0 Å². The smallest absolute Gasteiger partial charge is 0.225 e. The summed E-state index contributed by atoms with van der Waals surface area (Å²) in [5, 5.41) is 0. The number of hydrogen-bond acceptors (Lipinski definition) is 3. The molecule has 0 N–H and O–H groups in total. The lowest BCUT2D eigenvalue weighted by atomic mass is 10.1. The van der Waals surface area contributed by atoms with Gasteiger partial charge in [-0.05, 0) is 56.4 Å². The highest BCUT2D eigenvalue weighted by atomic mass is 79.9. The monoisotopic (exact) mass is 318 g/mol. The van der Waals surface area contributed by atoms with E-state index in [-0.39, 0.29) is 0 Å². The summed E-state index contributed by atoms with van der Waals surface area (Å²) in [5.74, 6) is 1.55. The Kier molecular flexibility index (Phi) is 3.27. The molecule has 0 fully saturated rings. The quantitative estimate of drug-likeness (QED) is 0.834. The molecule has 0 atom stereocenters. The number of benzene rings is 1. The van der Waals surface area contributed by atoms with Gasteiger partial charge < -0.3 is 4.74 Å². The van der Waals surface area contributed by atoms with Crippen LogP contribution in [0.3, 0.4) is 0 Å². The van der Waals surface area contributed by atoms with E-state index in [0.29, 0.717) is 5.88 Å². The van der Waals surface area contributed by atoms with Crippen LogP contribution in [0.4, 0.5) is 0 Å². The normalized spacial score (nSPS) is 13.4. The molecule has 0 bridgehead atoms. The average Bonchev–Trinajstić information content (AvgIpc) is 2.85. The van der Waals surface area contributed by atoms with Crippen molar-refractivity contribution in [3.05, 3.63) is 45.3 Å². The molecule has 0 radical (unpaired) electrons. The number of halogens is 1. The van der Waals surface area contributed by atoms with Crippen molar-refractivity contribution >= 4 is 15.9 Å². The predicted molar refractivity (Wildman–Crippen MR) is 77.7 cm³/mol. The minimum Gasteiger partial charge on any atom is -0.439 e. The Balaban J connectivity index is 1.96. The van der Waals surface area contributed by atoms with Gasteiger partial charge in [-0.3, -0.25) is 0 Å². The zero-order chi connectivity index (χ0) is 13.4. The molecule has 4 heteroatoms. The molecule has 0 unspecified atom stereocenters. The third-order valence-electron chi connectivity index (χ3n) is 3.46. The van der Waals surface area contributed by atoms with E-state index in [9.17, 15) is 0 Å². The fraction of sp³-hybridized carbons (Fsp3) is 0.333. The standard InChI is InChI=1S/C15H15BrN2O/c1-9-6-11(7-10(2)14(9)16)19-15-12-4-3-5-13(12)17-8-18-15/h6-8H,3-5H2,1-2H3. The fourth-order valence-electron chi connectivity index (χ4n) is 2.49. The third-order valence-corrected chi connectivity index (χ3v) is 4.71. The van der Waals surface area contributed by atoms with Crippen LogP contribution in [0.1, 0.15) is 28.8 Å². The molecule has 19 heavy (non-hydrogen) atoms. The van der Waals surface area contributed by atoms with Crippen LogP contribution in [0, 0.1) is 13.8 Å². The maximum Gasteiger partial charge on any atom is 0.225 e. The molecule has 98 valence electrons. The van der Waals surface area contributed by atoms with Crippen LogP contribution in [-0.2, 0) is 12.8 Å². The van der Waals surface area contributed by atoms with Crippen molar-refractivity contribution < 1.29 is 4.74 Å². The number of nitrogens with zero attached hydrogens (tertiary/aromatic N) is 2. The number of ether oxygens (including phenoxy) is 1. The lowest BCUT2D eigenvalue weighted by molar-refractivity contribution is 0.454. The van der Waals surface area contributed by atoms with Gasteiger partial charge in [0.25, 0.3) is 0 Å². The van der Waals surface area contributed by atoms with E-state index in [1.807, 2.05) is 12.1 Å². The van der Waals surface area contributed by atoms with Crippen molar-refractivity contribution in [2.75, 3.05) is 0 Å². The number of rotatable bonds is 2. The van der Waals surface area contributed by atoms with E-state index in [1.54, 1.807) is 6.33 Å². The molecule has 0 aliphatic heterocycles. The second-order valence-electron chi connectivity index (χ2n) is 4.93. The first-order valence-corrected chi connectivity index (χ1v) is 7.22. The maximum atomic E-state index is 5.97. The van der Waals surface area contributed by atoms with Gasteiger partial charge in [-0.1, -0.05) is 15.9 Å². The molecule has 1 heterocycles. The van der Waals surface area contributed by atoms with Crippen molar-refractivity contribution in [3.8, 4) is 11.6 Å². The second-order valence-corrected chi connectivity index (χ2v) is 5.72. The van der Waals surface area contributed by atoms with Gasteiger partial charge in [-0.25, -0.2) is 9.97 Å². The maximum absolute atomic E-state index is 5.97. The van der Waals surface area contributed by atoms with Crippen LogP contribution in [0.2, 0.25) is 0 Å². The molecule has 1 aromatic carbocycles.